The van der Waals surface area contributed by atoms with Gasteiger partial charge in [0.2, 0.25) is 0 Å². The van der Waals surface area contributed by atoms with E-state index in [0.29, 0.717) is 19.5 Å². The number of β-amino-alcohol motifs (C(OH)–C–C–N with tert-alkyl or cyclic N) is 1. The Hall–Kier alpha value is -0.610. The molecule has 0 aromatic heterocycles. The van der Waals surface area contributed by atoms with E-state index in [4.69, 9.17) is 4.74 Å². The van der Waals surface area contributed by atoms with E-state index in [1.807, 2.05) is 6.92 Å². The first-order valence-electron chi connectivity index (χ1n) is 5.29. The molecule has 1 N–H and O–H groups in total. The second kappa shape index (κ2) is 3.87. The normalized spacial score (nSPS) is 37.9. The maximum Gasteiger partial charge on any atom is 0.251 e. The Kier molecular flexibility index (Phi) is 2.74. The van der Waals surface area contributed by atoms with Gasteiger partial charge < -0.3 is 14.7 Å². The molecule has 3 unspecified atom stereocenters. The first-order chi connectivity index (χ1) is 6.66. The van der Waals surface area contributed by atoms with E-state index in [2.05, 4.69) is 0 Å². The van der Waals surface area contributed by atoms with Crippen molar-refractivity contribution in [2.45, 2.75) is 44.5 Å². The number of ether oxygens (including phenoxy) is 1. The Morgan fingerprint density at radius 3 is 2.71 bits per heavy atom. The number of likely N-dealkylation sites (tertiary alicyclic amines) is 1. The molecule has 2 aliphatic heterocycles. The number of hydrogen-bond donors (Lipinski definition) is 1. The van der Waals surface area contributed by atoms with Gasteiger partial charge in [-0.05, 0) is 26.2 Å². The lowest BCUT2D eigenvalue weighted by Crippen LogP contribution is -2.38. The smallest absolute Gasteiger partial charge is 0.251 e. The number of amides is 1. The van der Waals surface area contributed by atoms with Gasteiger partial charge in [0.15, 0.2) is 0 Å². The molecule has 0 saturated carbocycles. The molecule has 0 aromatic rings. The predicted molar refractivity (Wildman–Crippen MR) is 50.8 cm³/mol. The molecule has 3 atom stereocenters. The van der Waals surface area contributed by atoms with Gasteiger partial charge in [-0.1, -0.05) is 0 Å². The quantitative estimate of drug-likeness (QED) is 0.654. The fourth-order valence-corrected chi connectivity index (χ4v) is 2.13. The standard InChI is InChI=1S/C10H17NO3/c1-7-2-3-9(14-7)10(13)11-5-4-8(12)6-11/h7-9,12H,2-6H2,1H3. The van der Waals surface area contributed by atoms with Gasteiger partial charge in [0, 0.05) is 13.1 Å². The number of nitrogens with zero attached hydrogens (tertiary/aromatic N) is 1. The zero-order valence-electron chi connectivity index (χ0n) is 8.48. The summed E-state index contributed by atoms with van der Waals surface area (Å²) in [5, 5.41) is 9.31. The highest BCUT2D eigenvalue weighted by Gasteiger charge is 2.34. The van der Waals surface area contributed by atoms with Crippen molar-refractivity contribution in [3.8, 4) is 0 Å². The van der Waals surface area contributed by atoms with Crippen LogP contribution in [0.15, 0.2) is 0 Å². The minimum Gasteiger partial charge on any atom is -0.391 e. The van der Waals surface area contributed by atoms with Gasteiger partial charge in [0.1, 0.15) is 6.10 Å². The fourth-order valence-electron chi connectivity index (χ4n) is 2.13. The van der Waals surface area contributed by atoms with Crippen molar-refractivity contribution in [3.63, 3.8) is 0 Å². The highest BCUT2D eigenvalue weighted by Crippen LogP contribution is 2.22. The van der Waals surface area contributed by atoms with Gasteiger partial charge in [-0.15, -0.1) is 0 Å². The fraction of sp³-hybridized carbons (Fsp3) is 0.900. The van der Waals surface area contributed by atoms with Crippen molar-refractivity contribution in [1.82, 2.24) is 4.90 Å². The largest absolute Gasteiger partial charge is 0.391 e. The number of rotatable bonds is 1. The molecular weight excluding hydrogens is 182 g/mol. The van der Waals surface area contributed by atoms with Crippen molar-refractivity contribution in [3.05, 3.63) is 0 Å². The van der Waals surface area contributed by atoms with Crippen LogP contribution in [0.2, 0.25) is 0 Å². The van der Waals surface area contributed by atoms with E-state index in [-0.39, 0.29) is 24.2 Å². The molecule has 4 heteroatoms. The molecule has 1 amide bonds. The van der Waals surface area contributed by atoms with Crippen LogP contribution in [-0.2, 0) is 9.53 Å². The third kappa shape index (κ3) is 1.91. The van der Waals surface area contributed by atoms with Crippen LogP contribution in [0.1, 0.15) is 26.2 Å². The number of carbonyl (C=O) groups excluding carboxylic acids is 1. The van der Waals surface area contributed by atoms with Gasteiger partial charge in [-0.2, -0.15) is 0 Å². The zero-order valence-corrected chi connectivity index (χ0v) is 8.48. The van der Waals surface area contributed by atoms with Gasteiger partial charge in [-0.3, -0.25) is 4.79 Å². The second-order valence-corrected chi connectivity index (χ2v) is 4.24. The second-order valence-electron chi connectivity index (χ2n) is 4.24. The summed E-state index contributed by atoms with van der Waals surface area (Å²) in [6.07, 6.45) is 2.11. The Bertz CT molecular complexity index is 209. The average molecular weight is 199 g/mol. The number of carbonyl (C=O) groups is 1. The summed E-state index contributed by atoms with van der Waals surface area (Å²) in [6, 6.07) is 0. The van der Waals surface area contributed by atoms with Crippen LogP contribution < -0.4 is 0 Å². The molecule has 80 valence electrons. The first kappa shape index (κ1) is 9.93. The summed E-state index contributed by atoms with van der Waals surface area (Å²) in [5.74, 6) is 0.0610. The summed E-state index contributed by atoms with van der Waals surface area (Å²) >= 11 is 0. The molecule has 2 rings (SSSR count). The van der Waals surface area contributed by atoms with E-state index in [9.17, 15) is 9.90 Å². The minimum absolute atomic E-state index is 0.0610. The molecule has 0 radical (unpaired) electrons. The van der Waals surface area contributed by atoms with Crippen LogP contribution in [0.3, 0.4) is 0 Å². The minimum atomic E-state index is -0.335. The van der Waals surface area contributed by atoms with Crippen LogP contribution >= 0.6 is 0 Å². The van der Waals surface area contributed by atoms with E-state index in [1.54, 1.807) is 4.90 Å². The highest BCUT2D eigenvalue weighted by atomic mass is 16.5. The van der Waals surface area contributed by atoms with Crippen LogP contribution in [0.4, 0.5) is 0 Å². The Morgan fingerprint density at radius 1 is 1.43 bits per heavy atom. The first-order valence-corrected chi connectivity index (χ1v) is 5.29. The summed E-state index contributed by atoms with van der Waals surface area (Å²) in [5.41, 5.74) is 0. The van der Waals surface area contributed by atoms with Crippen LogP contribution in [0, 0.1) is 0 Å². The Labute approximate surface area is 83.8 Å². The van der Waals surface area contributed by atoms with Crippen molar-refractivity contribution in [2.24, 2.45) is 0 Å². The molecular formula is C10H17NO3. The Balaban J connectivity index is 1.89. The lowest BCUT2D eigenvalue weighted by Gasteiger charge is -2.19. The molecule has 0 aromatic carbocycles. The third-order valence-electron chi connectivity index (χ3n) is 2.98. The van der Waals surface area contributed by atoms with Crippen LogP contribution in [-0.4, -0.2) is 47.3 Å². The molecule has 4 nitrogen and oxygen atoms in total. The van der Waals surface area contributed by atoms with Crippen LogP contribution in [0.5, 0.6) is 0 Å². The van der Waals surface area contributed by atoms with Gasteiger partial charge in [0.05, 0.1) is 12.2 Å². The maximum atomic E-state index is 11.8. The number of aliphatic hydroxyl groups is 1. The molecule has 2 heterocycles. The third-order valence-corrected chi connectivity index (χ3v) is 2.98. The van der Waals surface area contributed by atoms with Crippen LogP contribution in [0.25, 0.3) is 0 Å². The molecule has 14 heavy (non-hydrogen) atoms. The SMILES string of the molecule is CC1CCC(C(=O)N2CCC(O)C2)O1. The lowest BCUT2D eigenvalue weighted by atomic mass is 10.2. The topological polar surface area (TPSA) is 49.8 Å². The van der Waals surface area contributed by atoms with Crippen molar-refractivity contribution in [1.29, 1.82) is 0 Å². The van der Waals surface area contributed by atoms with E-state index < -0.39 is 0 Å². The van der Waals surface area contributed by atoms with Crippen molar-refractivity contribution < 1.29 is 14.6 Å². The zero-order chi connectivity index (χ0) is 10.1. The molecule has 2 aliphatic rings. The lowest BCUT2D eigenvalue weighted by molar-refractivity contribution is -0.141. The Morgan fingerprint density at radius 2 is 2.21 bits per heavy atom. The molecule has 2 saturated heterocycles. The van der Waals surface area contributed by atoms with Gasteiger partial charge in [0.25, 0.3) is 5.91 Å². The molecule has 0 spiro atoms. The highest BCUT2D eigenvalue weighted by molar-refractivity contribution is 5.81. The maximum absolute atomic E-state index is 11.8. The average Bonchev–Trinajstić information content (AvgIpc) is 2.73. The van der Waals surface area contributed by atoms with Crippen molar-refractivity contribution in [2.75, 3.05) is 13.1 Å². The van der Waals surface area contributed by atoms with Gasteiger partial charge >= 0.3 is 0 Å². The summed E-state index contributed by atoms with van der Waals surface area (Å²) in [6.45, 7) is 3.15. The number of aliphatic hydroxyl groups excluding tert-OH is 1. The summed E-state index contributed by atoms with van der Waals surface area (Å²) < 4.78 is 5.50. The predicted octanol–water partition coefficient (Wildman–Crippen LogP) is 0.147. The van der Waals surface area contributed by atoms with E-state index in [1.165, 1.54) is 0 Å². The molecule has 2 fully saturated rings. The molecule has 0 bridgehead atoms. The van der Waals surface area contributed by atoms with E-state index in [0.717, 1.165) is 12.8 Å². The van der Waals surface area contributed by atoms with Gasteiger partial charge in [-0.25, -0.2) is 0 Å². The summed E-state index contributed by atoms with van der Waals surface area (Å²) in [7, 11) is 0. The monoisotopic (exact) mass is 199 g/mol. The summed E-state index contributed by atoms with van der Waals surface area (Å²) in [4.78, 5) is 13.5. The van der Waals surface area contributed by atoms with E-state index >= 15 is 0 Å². The number of hydrogen-bond acceptors (Lipinski definition) is 3. The molecule has 0 aliphatic carbocycles. The van der Waals surface area contributed by atoms with Crippen molar-refractivity contribution >= 4 is 5.91 Å².